The minimum Gasteiger partial charge on any atom is -0.508 e. The number of benzene rings is 2. The smallest absolute Gasteiger partial charge is 0.306 e. The molecule has 6 nitrogen and oxygen atoms in total. The van der Waals surface area contributed by atoms with Crippen LogP contribution < -0.4 is 5.43 Å². The van der Waals surface area contributed by atoms with E-state index < -0.39 is 23.1 Å². The first-order valence-corrected chi connectivity index (χ1v) is 10.7. The molecule has 0 aliphatic heterocycles. The van der Waals surface area contributed by atoms with Crippen LogP contribution in [0.4, 0.5) is 0 Å². The van der Waals surface area contributed by atoms with Crippen LogP contribution in [-0.4, -0.2) is 23.3 Å². The molecule has 3 rings (SSSR count). The zero-order valence-electron chi connectivity index (χ0n) is 17.5. The standard InChI is InChI=1S/C24H24O6S/c1-14-4-5-15(2)21(10-14)31-13-18-11-20(26)23(28)24(30-18)19(12-22(27)29-3)16-6-8-17(25)9-7-16/h4-11,19,25,28H,12-13H2,1-3H3. The van der Waals surface area contributed by atoms with E-state index in [2.05, 4.69) is 6.07 Å². The maximum absolute atomic E-state index is 12.5. The highest BCUT2D eigenvalue weighted by molar-refractivity contribution is 7.98. The third-order valence-electron chi connectivity index (χ3n) is 4.92. The Morgan fingerprint density at radius 2 is 1.81 bits per heavy atom. The maximum Gasteiger partial charge on any atom is 0.306 e. The van der Waals surface area contributed by atoms with Gasteiger partial charge in [0.05, 0.1) is 25.2 Å². The van der Waals surface area contributed by atoms with Crippen LogP contribution in [0.15, 0.2) is 62.6 Å². The van der Waals surface area contributed by atoms with Crippen molar-refractivity contribution in [2.75, 3.05) is 7.11 Å². The van der Waals surface area contributed by atoms with Gasteiger partial charge in [-0.2, -0.15) is 0 Å². The number of carbonyl (C=O) groups is 1. The summed E-state index contributed by atoms with van der Waals surface area (Å²) in [5.41, 5.74) is 2.27. The Labute approximate surface area is 184 Å². The van der Waals surface area contributed by atoms with Crippen LogP contribution in [0.2, 0.25) is 0 Å². The molecule has 2 aromatic carbocycles. The minimum absolute atomic E-state index is 0.000143. The van der Waals surface area contributed by atoms with Crippen LogP contribution in [0.3, 0.4) is 0 Å². The van der Waals surface area contributed by atoms with Crippen molar-refractivity contribution in [1.82, 2.24) is 0 Å². The number of aryl methyl sites for hydroxylation is 2. The van der Waals surface area contributed by atoms with Gasteiger partial charge in [0, 0.05) is 11.0 Å². The number of rotatable bonds is 7. The lowest BCUT2D eigenvalue weighted by molar-refractivity contribution is -0.140. The second-order valence-electron chi connectivity index (χ2n) is 7.27. The summed E-state index contributed by atoms with van der Waals surface area (Å²) in [6.07, 6.45) is -0.134. The van der Waals surface area contributed by atoms with Gasteiger partial charge in [0.1, 0.15) is 11.5 Å². The summed E-state index contributed by atoms with van der Waals surface area (Å²) in [6.45, 7) is 4.02. The predicted octanol–water partition coefficient (Wildman–Crippen LogP) is 4.66. The molecule has 162 valence electrons. The summed E-state index contributed by atoms with van der Waals surface area (Å²) in [5, 5.41) is 20.0. The summed E-state index contributed by atoms with van der Waals surface area (Å²) in [5.74, 6) is -0.973. The predicted molar refractivity (Wildman–Crippen MR) is 119 cm³/mol. The van der Waals surface area contributed by atoms with E-state index in [1.807, 2.05) is 26.0 Å². The fraction of sp³-hybridized carbons (Fsp3) is 0.250. The molecular weight excluding hydrogens is 416 g/mol. The van der Waals surface area contributed by atoms with Crippen LogP contribution in [-0.2, 0) is 15.3 Å². The van der Waals surface area contributed by atoms with E-state index in [0.29, 0.717) is 17.1 Å². The Balaban J connectivity index is 1.98. The van der Waals surface area contributed by atoms with Gasteiger partial charge in [-0.15, -0.1) is 11.8 Å². The number of aromatic hydroxyl groups is 2. The number of esters is 1. The van der Waals surface area contributed by atoms with Gasteiger partial charge in [0.15, 0.2) is 5.76 Å². The van der Waals surface area contributed by atoms with Crippen molar-refractivity contribution in [2.45, 2.75) is 36.8 Å². The first-order chi connectivity index (χ1) is 14.8. The third kappa shape index (κ3) is 5.49. The van der Waals surface area contributed by atoms with Gasteiger partial charge in [-0.1, -0.05) is 29.8 Å². The van der Waals surface area contributed by atoms with Crippen molar-refractivity contribution < 1.29 is 24.2 Å². The lowest BCUT2D eigenvalue weighted by Gasteiger charge is -2.17. The van der Waals surface area contributed by atoms with Gasteiger partial charge >= 0.3 is 5.97 Å². The van der Waals surface area contributed by atoms with Crippen LogP contribution in [0, 0.1) is 13.8 Å². The second-order valence-corrected chi connectivity index (χ2v) is 8.29. The van der Waals surface area contributed by atoms with Crippen LogP contribution >= 0.6 is 11.8 Å². The second kappa shape index (κ2) is 9.75. The minimum atomic E-state index is -0.744. The highest BCUT2D eigenvalue weighted by Gasteiger charge is 2.26. The van der Waals surface area contributed by atoms with E-state index in [1.165, 1.54) is 37.1 Å². The SMILES string of the molecule is COC(=O)CC(c1ccc(O)cc1)c1oc(CSc2cc(C)ccc2C)cc(=O)c1O. The Bertz CT molecular complexity index is 1130. The molecule has 0 bridgehead atoms. The van der Waals surface area contributed by atoms with Gasteiger partial charge in [0.25, 0.3) is 0 Å². The van der Waals surface area contributed by atoms with Crippen LogP contribution in [0.1, 0.15) is 40.5 Å². The number of phenolic OH excluding ortho intramolecular Hbond substituents is 1. The molecule has 1 unspecified atom stereocenters. The van der Waals surface area contributed by atoms with Crippen LogP contribution in [0.5, 0.6) is 11.5 Å². The maximum atomic E-state index is 12.5. The van der Waals surface area contributed by atoms with Crippen LogP contribution in [0.25, 0.3) is 0 Å². The summed E-state index contributed by atoms with van der Waals surface area (Å²) in [7, 11) is 1.27. The topological polar surface area (TPSA) is 97.0 Å². The summed E-state index contributed by atoms with van der Waals surface area (Å²) in [4.78, 5) is 25.6. The molecule has 31 heavy (non-hydrogen) atoms. The molecule has 0 amide bonds. The average Bonchev–Trinajstić information content (AvgIpc) is 2.75. The van der Waals surface area contributed by atoms with E-state index in [9.17, 15) is 19.8 Å². The molecule has 0 spiro atoms. The number of hydrogen-bond acceptors (Lipinski definition) is 7. The van der Waals surface area contributed by atoms with Gasteiger partial charge in [-0.3, -0.25) is 9.59 Å². The van der Waals surface area contributed by atoms with Crippen molar-refractivity contribution in [3.05, 3.63) is 87.0 Å². The van der Waals surface area contributed by atoms with Gasteiger partial charge in [-0.05, 0) is 43.2 Å². The van der Waals surface area contributed by atoms with E-state index in [0.717, 1.165) is 16.0 Å². The molecule has 1 aromatic heterocycles. The highest BCUT2D eigenvalue weighted by Crippen LogP contribution is 2.35. The molecular formula is C24H24O6S. The number of ether oxygens (including phenoxy) is 1. The quantitative estimate of drug-likeness (QED) is 0.407. The number of carbonyl (C=O) groups excluding carboxylic acids is 1. The van der Waals surface area contributed by atoms with E-state index >= 15 is 0 Å². The molecule has 0 aliphatic carbocycles. The van der Waals surface area contributed by atoms with Crippen molar-refractivity contribution in [3.63, 3.8) is 0 Å². The van der Waals surface area contributed by atoms with Gasteiger partial charge < -0.3 is 19.4 Å². The molecule has 7 heteroatoms. The fourth-order valence-corrected chi connectivity index (χ4v) is 4.20. The van der Waals surface area contributed by atoms with Gasteiger partial charge in [-0.25, -0.2) is 0 Å². The highest BCUT2D eigenvalue weighted by atomic mass is 32.2. The molecule has 0 saturated carbocycles. The Morgan fingerprint density at radius 3 is 2.48 bits per heavy atom. The number of hydrogen-bond donors (Lipinski definition) is 2. The third-order valence-corrected chi connectivity index (χ3v) is 6.10. The van der Waals surface area contributed by atoms with Crippen molar-refractivity contribution in [1.29, 1.82) is 0 Å². The summed E-state index contributed by atoms with van der Waals surface area (Å²) in [6, 6.07) is 13.6. The van der Waals surface area contributed by atoms with E-state index in [1.54, 1.807) is 12.1 Å². The molecule has 2 N–H and O–H groups in total. The van der Waals surface area contributed by atoms with E-state index in [-0.39, 0.29) is 17.9 Å². The van der Waals surface area contributed by atoms with Crippen molar-refractivity contribution in [2.24, 2.45) is 0 Å². The Kier molecular flexibility index (Phi) is 7.07. The lowest BCUT2D eigenvalue weighted by atomic mass is 9.92. The largest absolute Gasteiger partial charge is 0.508 e. The summed E-state index contributed by atoms with van der Waals surface area (Å²) < 4.78 is 10.7. The molecule has 1 heterocycles. The lowest BCUT2D eigenvalue weighted by Crippen LogP contribution is -2.14. The molecule has 0 saturated heterocycles. The zero-order valence-corrected chi connectivity index (χ0v) is 18.4. The van der Waals surface area contributed by atoms with Crippen molar-refractivity contribution >= 4 is 17.7 Å². The fourth-order valence-electron chi connectivity index (χ4n) is 3.19. The first kappa shape index (κ1) is 22.5. The summed E-state index contributed by atoms with van der Waals surface area (Å²) >= 11 is 1.53. The number of thioether (sulfide) groups is 1. The number of phenols is 1. The van der Waals surface area contributed by atoms with Gasteiger partial charge in [0.2, 0.25) is 11.2 Å². The Hall–Kier alpha value is -3.19. The molecule has 1 atom stereocenters. The molecule has 0 fully saturated rings. The first-order valence-electron chi connectivity index (χ1n) is 9.70. The average molecular weight is 441 g/mol. The van der Waals surface area contributed by atoms with Crippen molar-refractivity contribution in [3.8, 4) is 11.5 Å². The normalized spacial score (nSPS) is 11.8. The molecule has 3 aromatic rings. The monoisotopic (exact) mass is 440 g/mol. The Morgan fingerprint density at radius 1 is 1.10 bits per heavy atom. The molecule has 0 aliphatic rings. The zero-order chi connectivity index (χ0) is 22.5. The molecule has 0 radical (unpaired) electrons. The van der Waals surface area contributed by atoms with E-state index in [4.69, 9.17) is 9.15 Å². The number of methoxy groups -OCH3 is 1.